The molecule has 0 fully saturated rings. The molecule has 0 aromatic carbocycles. The second-order valence-corrected chi connectivity index (χ2v) is 4.99. The Kier molecular flexibility index (Phi) is 3.89. The Labute approximate surface area is 74.2 Å². The van der Waals surface area contributed by atoms with E-state index < -0.39 is 15.7 Å². The zero-order chi connectivity index (χ0) is 9.83. The summed E-state index contributed by atoms with van der Waals surface area (Å²) in [6.07, 6.45) is 1.49. The molecule has 4 nitrogen and oxygen atoms in total. The van der Waals surface area contributed by atoms with Gasteiger partial charge in [0.1, 0.15) is 0 Å². The van der Waals surface area contributed by atoms with Crippen LogP contribution in [0.3, 0.4) is 0 Å². The maximum Gasteiger partial charge on any atom is 0.277 e. The molecular formula is C7H16N2O2S. The highest BCUT2D eigenvalue weighted by Crippen LogP contribution is 1.99. The Balaban J connectivity index is 4.15. The van der Waals surface area contributed by atoms with Gasteiger partial charge in [0, 0.05) is 12.1 Å². The van der Waals surface area contributed by atoms with Crippen molar-refractivity contribution in [3.63, 3.8) is 0 Å². The molecule has 12 heavy (non-hydrogen) atoms. The normalized spacial score (nSPS) is 12.9. The van der Waals surface area contributed by atoms with Gasteiger partial charge in [0.25, 0.3) is 10.2 Å². The van der Waals surface area contributed by atoms with Crippen LogP contribution in [0.25, 0.3) is 0 Å². The van der Waals surface area contributed by atoms with E-state index in [0.717, 1.165) is 0 Å². The Morgan fingerprint density at radius 2 is 1.92 bits per heavy atom. The van der Waals surface area contributed by atoms with Crippen LogP contribution in [0.2, 0.25) is 0 Å². The van der Waals surface area contributed by atoms with E-state index in [2.05, 4.69) is 16.0 Å². The fourth-order valence-electron chi connectivity index (χ4n) is 0.608. The van der Waals surface area contributed by atoms with E-state index >= 15 is 0 Å². The molecule has 0 aromatic heterocycles. The standard InChI is InChI=1S/C7H16N2O2S/c1-5-6-8-12(10,11)9-7(2,3)4/h5,8-9H,1,6H2,2-4H3. The van der Waals surface area contributed by atoms with Gasteiger partial charge in [0.15, 0.2) is 0 Å². The monoisotopic (exact) mass is 192 g/mol. The molecule has 2 N–H and O–H groups in total. The lowest BCUT2D eigenvalue weighted by molar-refractivity contribution is 0.485. The van der Waals surface area contributed by atoms with Crippen LogP contribution in [0.4, 0.5) is 0 Å². The minimum absolute atomic E-state index is 0.241. The summed E-state index contributed by atoms with van der Waals surface area (Å²) in [7, 11) is -3.37. The van der Waals surface area contributed by atoms with Crippen LogP contribution >= 0.6 is 0 Å². The van der Waals surface area contributed by atoms with Crippen molar-refractivity contribution in [1.29, 1.82) is 0 Å². The van der Waals surface area contributed by atoms with Gasteiger partial charge >= 0.3 is 0 Å². The van der Waals surface area contributed by atoms with Crippen molar-refractivity contribution in [2.45, 2.75) is 26.3 Å². The van der Waals surface area contributed by atoms with Crippen LogP contribution < -0.4 is 9.44 Å². The molecule has 0 saturated heterocycles. The van der Waals surface area contributed by atoms with E-state index in [-0.39, 0.29) is 6.54 Å². The van der Waals surface area contributed by atoms with Gasteiger partial charge in [-0.1, -0.05) is 6.08 Å². The van der Waals surface area contributed by atoms with Gasteiger partial charge in [0.2, 0.25) is 0 Å². The fourth-order valence-corrected chi connectivity index (χ4v) is 1.82. The highest BCUT2D eigenvalue weighted by molar-refractivity contribution is 7.87. The van der Waals surface area contributed by atoms with Crippen molar-refractivity contribution >= 4 is 10.2 Å². The zero-order valence-corrected chi connectivity index (χ0v) is 8.53. The van der Waals surface area contributed by atoms with Gasteiger partial charge in [-0.2, -0.15) is 17.9 Å². The second-order valence-electron chi connectivity index (χ2n) is 3.49. The minimum atomic E-state index is -3.37. The van der Waals surface area contributed by atoms with Gasteiger partial charge in [0.05, 0.1) is 0 Å². The SMILES string of the molecule is C=CCNS(=O)(=O)NC(C)(C)C. The average Bonchev–Trinajstić information content (AvgIpc) is 1.78. The molecule has 0 heterocycles. The van der Waals surface area contributed by atoms with Crippen molar-refractivity contribution in [2.24, 2.45) is 0 Å². The summed E-state index contributed by atoms with van der Waals surface area (Å²) in [6, 6.07) is 0. The summed E-state index contributed by atoms with van der Waals surface area (Å²) >= 11 is 0. The number of hydrogen-bond acceptors (Lipinski definition) is 2. The van der Waals surface area contributed by atoms with Gasteiger partial charge in [-0.25, -0.2) is 0 Å². The third-order valence-electron chi connectivity index (χ3n) is 0.858. The number of hydrogen-bond donors (Lipinski definition) is 2. The van der Waals surface area contributed by atoms with Crippen LogP contribution in [0.5, 0.6) is 0 Å². The number of nitrogens with one attached hydrogen (secondary N) is 2. The molecule has 0 spiro atoms. The highest BCUT2D eigenvalue weighted by Gasteiger charge is 2.18. The number of rotatable bonds is 4. The lowest BCUT2D eigenvalue weighted by Crippen LogP contribution is -2.46. The molecule has 0 amide bonds. The summed E-state index contributed by atoms with van der Waals surface area (Å²) in [4.78, 5) is 0. The van der Waals surface area contributed by atoms with E-state index in [4.69, 9.17) is 0 Å². The highest BCUT2D eigenvalue weighted by atomic mass is 32.2. The molecular weight excluding hydrogens is 176 g/mol. The third-order valence-corrected chi connectivity index (χ3v) is 2.29. The molecule has 0 unspecified atom stereocenters. The molecule has 0 bridgehead atoms. The summed E-state index contributed by atoms with van der Waals surface area (Å²) in [5, 5.41) is 0. The molecule has 0 radical (unpaired) electrons. The van der Waals surface area contributed by atoms with Gasteiger partial charge < -0.3 is 0 Å². The summed E-state index contributed by atoms with van der Waals surface area (Å²) in [5.41, 5.74) is -0.451. The third kappa shape index (κ3) is 6.33. The summed E-state index contributed by atoms with van der Waals surface area (Å²) in [5.74, 6) is 0. The molecule has 0 aliphatic carbocycles. The van der Waals surface area contributed by atoms with Crippen LogP contribution in [-0.2, 0) is 10.2 Å². The first-order valence-electron chi connectivity index (χ1n) is 3.66. The largest absolute Gasteiger partial charge is 0.277 e. The van der Waals surface area contributed by atoms with Crippen molar-refractivity contribution in [3.05, 3.63) is 12.7 Å². The molecule has 5 heteroatoms. The van der Waals surface area contributed by atoms with E-state index in [1.54, 1.807) is 20.8 Å². The molecule has 0 atom stereocenters. The average molecular weight is 192 g/mol. The lowest BCUT2D eigenvalue weighted by Gasteiger charge is -2.19. The van der Waals surface area contributed by atoms with E-state index in [9.17, 15) is 8.42 Å². The molecule has 0 aliphatic heterocycles. The Bertz CT molecular complexity index is 239. The maximum absolute atomic E-state index is 11.1. The van der Waals surface area contributed by atoms with Crippen molar-refractivity contribution in [3.8, 4) is 0 Å². The van der Waals surface area contributed by atoms with Crippen molar-refractivity contribution in [2.75, 3.05) is 6.54 Å². The first-order chi connectivity index (χ1) is 5.27. The molecule has 0 saturated carbocycles. The summed E-state index contributed by atoms with van der Waals surface area (Å²) in [6.45, 7) is 8.98. The molecule has 0 aliphatic rings. The Hall–Kier alpha value is -0.390. The maximum atomic E-state index is 11.1. The predicted molar refractivity (Wildman–Crippen MR) is 50.0 cm³/mol. The zero-order valence-electron chi connectivity index (χ0n) is 7.72. The molecule has 0 rings (SSSR count). The van der Waals surface area contributed by atoms with Gasteiger partial charge in [-0.05, 0) is 20.8 Å². The van der Waals surface area contributed by atoms with E-state index in [1.807, 2.05) is 0 Å². The fraction of sp³-hybridized carbons (Fsp3) is 0.714. The summed E-state index contributed by atoms with van der Waals surface area (Å²) < 4.78 is 27.0. The van der Waals surface area contributed by atoms with Crippen LogP contribution in [0.1, 0.15) is 20.8 Å². The minimum Gasteiger partial charge on any atom is -0.198 e. The first kappa shape index (κ1) is 11.6. The van der Waals surface area contributed by atoms with E-state index in [1.165, 1.54) is 6.08 Å². The molecule has 72 valence electrons. The van der Waals surface area contributed by atoms with Crippen molar-refractivity contribution in [1.82, 2.24) is 9.44 Å². The Morgan fingerprint density at radius 1 is 1.42 bits per heavy atom. The lowest BCUT2D eigenvalue weighted by atomic mass is 10.1. The van der Waals surface area contributed by atoms with Crippen molar-refractivity contribution < 1.29 is 8.42 Å². The van der Waals surface area contributed by atoms with E-state index in [0.29, 0.717) is 0 Å². The second kappa shape index (κ2) is 4.02. The quantitative estimate of drug-likeness (QED) is 0.633. The van der Waals surface area contributed by atoms with Crippen LogP contribution in [0, 0.1) is 0 Å². The first-order valence-corrected chi connectivity index (χ1v) is 5.14. The van der Waals surface area contributed by atoms with Crippen LogP contribution in [-0.4, -0.2) is 20.5 Å². The Morgan fingerprint density at radius 3 is 2.25 bits per heavy atom. The van der Waals surface area contributed by atoms with Gasteiger partial charge in [-0.15, -0.1) is 6.58 Å². The van der Waals surface area contributed by atoms with Crippen LogP contribution in [0.15, 0.2) is 12.7 Å². The topological polar surface area (TPSA) is 58.2 Å². The molecule has 0 aromatic rings. The predicted octanol–water partition coefficient (Wildman–Crippen LogP) is 0.395. The smallest absolute Gasteiger partial charge is 0.198 e. The van der Waals surface area contributed by atoms with Gasteiger partial charge in [-0.3, -0.25) is 0 Å².